The Morgan fingerprint density at radius 3 is 2.24 bits per heavy atom. The summed E-state index contributed by atoms with van der Waals surface area (Å²) in [6, 6.07) is 2.23. The Hall–Kier alpha value is -1.68. The summed E-state index contributed by atoms with van der Waals surface area (Å²) < 4.78 is 0. The van der Waals surface area contributed by atoms with Crippen molar-refractivity contribution in [2.75, 3.05) is 57.8 Å². The molecule has 2 rings (SSSR count). The minimum absolute atomic E-state index is 0. The monoisotopic (exact) mass is 513 g/mol. The van der Waals surface area contributed by atoms with Gasteiger partial charge in [-0.15, -0.1) is 37.1 Å². The van der Waals surface area contributed by atoms with Crippen LogP contribution in [0.25, 0.3) is 0 Å². The van der Waals surface area contributed by atoms with E-state index >= 15 is 0 Å². The van der Waals surface area contributed by atoms with E-state index in [4.69, 9.17) is 0 Å². The molecule has 1 saturated heterocycles. The average molecular weight is 513 g/mol. The summed E-state index contributed by atoms with van der Waals surface area (Å²) in [5, 5.41) is 3.59. The van der Waals surface area contributed by atoms with Crippen molar-refractivity contribution in [1.82, 2.24) is 25.1 Å². The molecule has 1 aliphatic heterocycles. The molecule has 7 nitrogen and oxygen atoms in total. The molecule has 0 aliphatic carbocycles. The molecule has 1 unspecified atom stereocenters. The first-order chi connectivity index (χ1) is 13.6. The normalized spacial score (nSPS) is 15.8. The van der Waals surface area contributed by atoms with E-state index < -0.39 is 0 Å². The number of nitrogens with zero attached hydrogens (tertiary/aromatic N) is 6. The van der Waals surface area contributed by atoms with E-state index in [1.54, 1.807) is 12.4 Å². The summed E-state index contributed by atoms with van der Waals surface area (Å²) >= 11 is 0. The molecule has 0 radical (unpaired) electrons. The zero-order valence-electron chi connectivity index (χ0n) is 18.0. The first-order valence-corrected chi connectivity index (χ1v) is 10.0. The Kier molecular flexibility index (Phi) is 11.8. The molecule has 1 aliphatic rings. The van der Waals surface area contributed by atoms with Crippen molar-refractivity contribution < 1.29 is 0 Å². The molecular formula is C21H36IN7. The van der Waals surface area contributed by atoms with Crippen LogP contribution in [0.3, 0.4) is 0 Å². The second-order valence-electron chi connectivity index (χ2n) is 7.29. The summed E-state index contributed by atoms with van der Waals surface area (Å²) in [6.07, 6.45) is 7.50. The van der Waals surface area contributed by atoms with Crippen molar-refractivity contribution in [3.63, 3.8) is 0 Å². The Bertz CT molecular complexity index is 617. The van der Waals surface area contributed by atoms with Gasteiger partial charge in [-0.05, 0) is 12.0 Å². The Balaban J connectivity index is 0.00000420. The molecule has 1 aromatic heterocycles. The number of piperazine rings is 1. The largest absolute Gasteiger partial charge is 0.355 e. The number of nitrogens with one attached hydrogen (secondary N) is 1. The van der Waals surface area contributed by atoms with Gasteiger partial charge in [-0.3, -0.25) is 9.89 Å². The van der Waals surface area contributed by atoms with Gasteiger partial charge >= 0.3 is 0 Å². The van der Waals surface area contributed by atoms with Gasteiger partial charge in [-0.2, -0.15) is 0 Å². The van der Waals surface area contributed by atoms with Crippen LogP contribution in [0.5, 0.6) is 0 Å². The van der Waals surface area contributed by atoms with Gasteiger partial charge in [0, 0.05) is 71.3 Å². The summed E-state index contributed by atoms with van der Waals surface area (Å²) in [5.74, 6) is 2.27. The van der Waals surface area contributed by atoms with Crippen LogP contribution in [0, 0.1) is 5.92 Å². The van der Waals surface area contributed by atoms with Crippen LogP contribution in [0.4, 0.5) is 5.95 Å². The highest BCUT2D eigenvalue weighted by molar-refractivity contribution is 14.0. The van der Waals surface area contributed by atoms with Crippen molar-refractivity contribution in [3.8, 4) is 0 Å². The minimum atomic E-state index is 0. The molecular weight excluding hydrogens is 477 g/mol. The second-order valence-corrected chi connectivity index (χ2v) is 7.29. The first-order valence-electron chi connectivity index (χ1n) is 10.0. The molecule has 162 valence electrons. The van der Waals surface area contributed by atoms with Crippen LogP contribution in [0.1, 0.15) is 13.8 Å². The second kappa shape index (κ2) is 13.5. The zero-order chi connectivity index (χ0) is 20.4. The molecule has 1 N–H and O–H groups in total. The number of aliphatic imine (C=N–C) groups is 1. The number of halogens is 1. The third kappa shape index (κ3) is 7.58. The predicted octanol–water partition coefficient (Wildman–Crippen LogP) is 2.49. The minimum Gasteiger partial charge on any atom is -0.355 e. The van der Waals surface area contributed by atoms with E-state index in [9.17, 15) is 0 Å². The van der Waals surface area contributed by atoms with Gasteiger partial charge in [0.15, 0.2) is 5.96 Å². The van der Waals surface area contributed by atoms with Crippen molar-refractivity contribution >= 4 is 35.9 Å². The molecule has 0 bridgehead atoms. The Morgan fingerprint density at radius 2 is 1.76 bits per heavy atom. The fourth-order valence-corrected chi connectivity index (χ4v) is 3.56. The summed E-state index contributed by atoms with van der Waals surface area (Å²) in [4.78, 5) is 20.1. The van der Waals surface area contributed by atoms with E-state index in [1.165, 1.54) is 0 Å². The lowest BCUT2D eigenvalue weighted by Crippen LogP contribution is -2.55. The zero-order valence-corrected chi connectivity index (χ0v) is 20.3. The van der Waals surface area contributed by atoms with Crippen molar-refractivity contribution in [3.05, 3.63) is 43.8 Å². The van der Waals surface area contributed by atoms with E-state index in [0.29, 0.717) is 12.0 Å². The van der Waals surface area contributed by atoms with E-state index in [1.807, 2.05) is 25.3 Å². The van der Waals surface area contributed by atoms with Crippen molar-refractivity contribution in [2.45, 2.75) is 19.9 Å². The standard InChI is InChI=1S/C21H35N7.HI/c1-6-11-26(12-7-2)19(18(3)4)17-25-20(22-5)27-13-15-28(16-14-27)21-23-9-8-10-24-21;/h6-10,18-19H,1-2,11-17H2,3-5H3,(H,22,25);1H. The smallest absolute Gasteiger partial charge is 0.225 e. The van der Waals surface area contributed by atoms with Crippen molar-refractivity contribution in [2.24, 2.45) is 10.9 Å². The molecule has 8 heteroatoms. The van der Waals surface area contributed by atoms with Gasteiger partial charge in [0.1, 0.15) is 0 Å². The maximum absolute atomic E-state index is 4.51. The predicted molar refractivity (Wildman–Crippen MR) is 133 cm³/mol. The molecule has 0 aromatic carbocycles. The maximum Gasteiger partial charge on any atom is 0.225 e. The summed E-state index contributed by atoms with van der Waals surface area (Å²) in [5.41, 5.74) is 0. The van der Waals surface area contributed by atoms with Crippen molar-refractivity contribution in [1.29, 1.82) is 0 Å². The third-order valence-electron chi connectivity index (χ3n) is 5.06. The number of hydrogen-bond acceptors (Lipinski definition) is 5. The lowest BCUT2D eigenvalue weighted by atomic mass is 10.0. The number of rotatable bonds is 9. The summed E-state index contributed by atoms with van der Waals surface area (Å²) in [7, 11) is 1.85. The Labute approximate surface area is 193 Å². The maximum atomic E-state index is 4.51. The lowest BCUT2D eigenvalue weighted by molar-refractivity contribution is 0.188. The molecule has 1 aromatic rings. The highest BCUT2D eigenvalue weighted by Crippen LogP contribution is 2.12. The Morgan fingerprint density at radius 1 is 1.17 bits per heavy atom. The van der Waals surface area contributed by atoms with Crippen LogP contribution in [-0.4, -0.2) is 84.6 Å². The van der Waals surface area contributed by atoms with Crippen LogP contribution < -0.4 is 10.2 Å². The van der Waals surface area contributed by atoms with E-state index in [2.05, 4.69) is 62.0 Å². The fraction of sp³-hybridized carbons (Fsp3) is 0.571. The fourth-order valence-electron chi connectivity index (χ4n) is 3.56. The number of guanidine groups is 1. The van der Waals surface area contributed by atoms with Gasteiger partial charge in [0.25, 0.3) is 0 Å². The topological polar surface area (TPSA) is 59.9 Å². The highest BCUT2D eigenvalue weighted by atomic mass is 127. The highest BCUT2D eigenvalue weighted by Gasteiger charge is 2.24. The number of anilines is 1. The van der Waals surface area contributed by atoms with Crippen LogP contribution >= 0.6 is 24.0 Å². The van der Waals surface area contributed by atoms with Crippen LogP contribution in [0.15, 0.2) is 48.8 Å². The molecule has 0 saturated carbocycles. The number of hydrogen-bond donors (Lipinski definition) is 1. The molecule has 0 spiro atoms. The van der Waals surface area contributed by atoms with Gasteiger partial charge in [-0.1, -0.05) is 26.0 Å². The van der Waals surface area contributed by atoms with Gasteiger partial charge in [0.05, 0.1) is 0 Å². The quantitative estimate of drug-likeness (QED) is 0.237. The van der Waals surface area contributed by atoms with Gasteiger partial charge in [-0.25, -0.2) is 9.97 Å². The molecule has 2 heterocycles. The average Bonchev–Trinajstić information content (AvgIpc) is 2.72. The van der Waals surface area contributed by atoms with Crippen LogP contribution in [-0.2, 0) is 0 Å². The van der Waals surface area contributed by atoms with Crippen LogP contribution in [0.2, 0.25) is 0 Å². The van der Waals surface area contributed by atoms with Gasteiger partial charge in [0.2, 0.25) is 5.95 Å². The molecule has 1 fully saturated rings. The van der Waals surface area contributed by atoms with Gasteiger partial charge < -0.3 is 15.1 Å². The molecule has 29 heavy (non-hydrogen) atoms. The molecule has 1 atom stereocenters. The SMILES string of the molecule is C=CCN(CC=C)C(CNC(=NC)N1CCN(c2ncccn2)CC1)C(C)C.I. The van der Waals surface area contributed by atoms with E-state index in [0.717, 1.165) is 57.7 Å². The third-order valence-corrected chi connectivity index (χ3v) is 5.06. The van der Waals surface area contributed by atoms with E-state index in [-0.39, 0.29) is 24.0 Å². The number of aromatic nitrogens is 2. The molecule has 0 amide bonds. The lowest BCUT2D eigenvalue weighted by Gasteiger charge is -2.38. The summed E-state index contributed by atoms with van der Waals surface area (Å²) in [6.45, 7) is 18.4. The first kappa shape index (κ1) is 25.4.